The van der Waals surface area contributed by atoms with E-state index in [2.05, 4.69) is 60.5 Å². The first-order valence-corrected chi connectivity index (χ1v) is 10.8. The number of benzene rings is 2. The monoisotopic (exact) mass is 460 g/mol. The highest BCUT2D eigenvalue weighted by atomic mass is 35.5. The zero-order chi connectivity index (χ0) is 18.4. The highest BCUT2D eigenvalue weighted by Gasteiger charge is 2.24. The summed E-state index contributed by atoms with van der Waals surface area (Å²) in [6.07, 6.45) is 2.48. The number of hydrogen-bond acceptors (Lipinski definition) is 3. The fourth-order valence-electron chi connectivity index (χ4n) is 3.50. The third kappa shape index (κ3) is 7.44. The third-order valence-corrected chi connectivity index (χ3v) is 6.28. The Morgan fingerprint density at radius 3 is 2.25 bits per heavy atom. The zero-order valence-corrected chi connectivity index (χ0v) is 19.8. The first-order valence-electron chi connectivity index (χ1n) is 9.60. The van der Waals surface area contributed by atoms with Crippen LogP contribution in [0.3, 0.4) is 0 Å². The maximum Gasteiger partial charge on any atom is 0.0406 e. The molecule has 1 N–H and O–H groups in total. The van der Waals surface area contributed by atoms with Crippen molar-refractivity contribution >= 4 is 48.2 Å². The third-order valence-electron chi connectivity index (χ3n) is 4.93. The molecule has 1 heterocycles. The second-order valence-corrected chi connectivity index (χ2v) is 8.92. The SMILES string of the molecule is CC(C)CC[C@H](c1ccccc1Sc1ccc(Cl)cc1)N1CCNCC1.Cl.Cl. The highest BCUT2D eigenvalue weighted by molar-refractivity contribution is 7.99. The van der Waals surface area contributed by atoms with Gasteiger partial charge in [0.1, 0.15) is 0 Å². The summed E-state index contributed by atoms with van der Waals surface area (Å²) in [7, 11) is 0. The molecule has 1 saturated heterocycles. The van der Waals surface area contributed by atoms with Crippen LogP contribution in [0.2, 0.25) is 5.02 Å². The molecule has 1 aliphatic heterocycles. The van der Waals surface area contributed by atoms with Crippen LogP contribution in [-0.2, 0) is 0 Å². The maximum absolute atomic E-state index is 6.05. The van der Waals surface area contributed by atoms with Gasteiger partial charge in [-0.1, -0.05) is 55.4 Å². The number of piperazine rings is 1. The molecule has 0 aliphatic carbocycles. The molecule has 3 rings (SSSR count). The molecule has 0 amide bonds. The number of halogens is 3. The standard InChI is InChI=1S/C22H29ClN2S.2ClH/c1-17(2)7-12-21(25-15-13-24-14-16-25)20-5-3-4-6-22(20)26-19-10-8-18(23)9-11-19;;/h3-6,8-11,17,21,24H,7,12-16H2,1-2H3;2*1H/t21-;;/m1../s1. The van der Waals surface area contributed by atoms with E-state index < -0.39 is 0 Å². The number of nitrogens with zero attached hydrogens (tertiary/aromatic N) is 1. The van der Waals surface area contributed by atoms with Gasteiger partial charge < -0.3 is 5.32 Å². The lowest BCUT2D eigenvalue weighted by Gasteiger charge is -2.36. The smallest absolute Gasteiger partial charge is 0.0406 e. The van der Waals surface area contributed by atoms with E-state index >= 15 is 0 Å². The van der Waals surface area contributed by atoms with E-state index in [4.69, 9.17) is 11.6 Å². The lowest BCUT2D eigenvalue weighted by atomic mass is 9.95. The van der Waals surface area contributed by atoms with Crippen molar-refractivity contribution in [1.82, 2.24) is 10.2 Å². The van der Waals surface area contributed by atoms with Gasteiger partial charge in [-0.2, -0.15) is 0 Å². The Morgan fingerprint density at radius 1 is 0.964 bits per heavy atom. The van der Waals surface area contributed by atoms with E-state index in [1.165, 1.54) is 28.2 Å². The van der Waals surface area contributed by atoms with E-state index in [9.17, 15) is 0 Å². The Morgan fingerprint density at radius 2 is 1.61 bits per heavy atom. The Labute approximate surface area is 191 Å². The normalized spacial score (nSPS) is 15.6. The van der Waals surface area contributed by atoms with Crippen LogP contribution in [0.25, 0.3) is 0 Å². The maximum atomic E-state index is 6.05. The molecule has 2 aromatic carbocycles. The Balaban J connectivity index is 0.00000196. The molecule has 6 heteroatoms. The minimum Gasteiger partial charge on any atom is -0.314 e. The van der Waals surface area contributed by atoms with Crippen LogP contribution < -0.4 is 5.32 Å². The summed E-state index contributed by atoms with van der Waals surface area (Å²) in [5.74, 6) is 0.733. The van der Waals surface area contributed by atoms with Crippen LogP contribution in [0, 0.1) is 5.92 Å². The summed E-state index contributed by atoms with van der Waals surface area (Å²) in [5, 5.41) is 4.28. The van der Waals surface area contributed by atoms with E-state index in [-0.39, 0.29) is 24.8 Å². The summed E-state index contributed by atoms with van der Waals surface area (Å²) in [5.41, 5.74) is 1.47. The Bertz CT molecular complexity index is 688. The number of hydrogen-bond donors (Lipinski definition) is 1. The van der Waals surface area contributed by atoms with Crippen molar-refractivity contribution in [2.75, 3.05) is 26.2 Å². The summed E-state index contributed by atoms with van der Waals surface area (Å²) < 4.78 is 0. The molecule has 1 aliphatic rings. The Hall–Kier alpha value is -0.420. The van der Waals surface area contributed by atoms with Crippen LogP contribution in [0.15, 0.2) is 58.3 Å². The van der Waals surface area contributed by atoms with Gasteiger partial charge in [-0.25, -0.2) is 0 Å². The van der Waals surface area contributed by atoms with Crippen molar-refractivity contribution in [3.8, 4) is 0 Å². The molecule has 156 valence electrons. The molecule has 0 aromatic heterocycles. The van der Waals surface area contributed by atoms with Gasteiger partial charge in [0, 0.05) is 47.0 Å². The second-order valence-electron chi connectivity index (χ2n) is 7.37. The molecule has 1 fully saturated rings. The van der Waals surface area contributed by atoms with Gasteiger partial charge in [0.2, 0.25) is 0 Å². The average Bonchev–Trinajstić information content (AvgIpc) is 2.66. The van der Waals surface area contributed by atoms with Crippen LogP contribution in [0.4, 0.5) is 0 Å². The highest BCUT2D eigenvalue weighted by Crippen LogP contribution is 2.38. The molecule has 0 radical (unpaired) electrons. The largest absolute Gasteiger partial charge is 0.314 e. The Kier molecular flexibility index (Phi) is 11.9. The summed E-state index contributed by atoms with van der Waals surface area (Å²) in [6.45, 7) is 9.08. The molecular formula is C22H31Cl3N2S. The van der Waals surface area contributed by atoms with Gasteiger partial charge in [-0.05, 0) is 54.7 Å². The molecule has 1 atom stereocenters. The van der Waals surface area contributed by atoms with Crippen molar-refractivity contribution in [2.24, 2.45) is 5.92 Å². The lowest BCUT2D eigenvalue weighted by molar-refractivity contribution is 0.158. The quantitative estimate of drug-likeness (QED) is 0.493. The van der Waals surface area contributed by atoms with Crippen molar-refractivity contribution in [2.45, 2.75) is 42.5 Å². The molecular weight excluding hydrogens is 431 g/mol. The molecule has 0 bridgehead atoms. The van der Waals surface area contributed by atoms with Gasteiger partial charge in [-0.15, -0.1) is 24.8 Å². The first kappa shape index (κ1) is 25.6. The van der Waals surface area contributed by atoms with Gasteiger partial charge in [0.05, 0.1) is 0 Å². The molecule has 2 nitrogen and oxygen atoms in total. The molecule has 2 aromatic rings. The lowest BCUT2D eigenvalue weighted by Crippen LogP contribution is -2.45. The van der Waals surface area contributed by atoms with E-state index in [0.29, 0.717) is 6.04 Å². The predicted octanol–water partition coefficient (Wildman–Crippen LogP) is 6.72. The van der Waals surface area contributed by atoms with Crippen molar-refractivity contribution in [3.05, 3.63) is 59.1 Å². The first-order chi connectivity index (χ1) is 12.6. The van der Waals surface area contributed by atoms with E-state index in [1.54, 1.807) is 0 Å². The van der Waals surface area contributed by atoms with Crippen molar-refractivity contribution < 1.29 is 0 Å². The van der Waals surface area contributed by atoms with E-state index in [1.807, 2.05) is 23.9 Å². The summed E-state index contributed by atoms with van der Waals surface area (Å²) >= 11 is 7.90. The van der Waals surface area contributed by atoms with E-state index in [0.717, 1.165) is 37.1 Å². The van der Waals surface area contributed by atoms with Crippen LogP contribution in [-0.4, -0.2) is 31.1 Å². The fourth-order valence-corrected chi connectivity index (χ4v) is 4.62. The van der Waals surface area contributed by atoms with Gasteiger partial charge >= 0.3 is 0 Å². The summed E-state index contributed by atoms with van der Waals surface area (Å²) in [4.78, 5) is 5.27. The second kappa shape index (κ2) is 13.0. The fraction of sp³-hybridized carbons (Fsp3) is 0.455. The number of nitrogens with one attached hydrogen (secondary N) is 1. The average molecular weight is 462 g/mol. The molecule has 0 saturated carbocycles. The number of rotatable bonds is 7. The topological polar surface area (TPSA) is 15.3 Å². The van der Waals surface area contributed by atoms with Crippen molar-refractivity contribution in [1.29, 1.82) is 0 Å². The molecule has 0 spiro atoms. The summed E-state index contributed by atoms with van der Waals surface area (Å²) in [6, 6.07) is 17.6. The molecule has 0 unspecified atom stereocenters. The van der Waals surface area contributed by atoms with Gasteiger partial charge in [0.25, 0.3) is 0 Å². The van der Waals surface area contributed by atoms with Crippen LogP contribution in [0.5, 0.6) is 0 Å². The minimum absolute atomic E-state index is 0. The van der Waals surface area contributed by atoms with Crippen LogP contribution in [0.1, 0.15) is 38.3 Å². The predicted molar refractivity (Wildman–Crippen MR) is 128 cm³/mol. The van der Waals surface area contributed by atoms with Crippen molar-refractivity contribution in [3.63, 3.8) is 0 Å². The van der Waals surface area contributed by atoms with Gasteiger partial charge in [-0.3, -0.25) is 4.90 Å². The minimum atomic E-state index is 0. The van der Waals surface area contributed by atoms with Gasteiger partial charge in [0.15, 0.2) is 0 Å². The van der Waals surface area contributed by atoms with Crippen LogP contribution >= 0.6 is 48.2 Å². The molecule has 28 heavy (non-hydrogen) atoms. The zero-order valence-electron chi connectivity index (χ0n) is 16.6.